The molecule has 1 heterocycles. The molecule has 1 fully saturated rings. The number of aliphatic hydroxyl groups is 2. The van der Waals surface area contributed by atoms with Gasteiger partial charge in [-0.1, -0.05) is 53.3 Å². The number of fused-ring (bicyclic) bond motifs is 1. The molecule has 3 rings (SSSR count). The van der Waals surface area contributed by atoms with Gasteiger partial charge in [0.1, 0.15) is 23.4 Å². The molecule has 0 aromatic carbocycles. The van der Waals surface area contributed by atoms with Crippen molar-refractivity contribution in [1.29, 1.82) is 0 Å². The monoisotopic (exact) mass is 715 g/mol. The number of ketones is 1. The summed E-state index contributed by atoms with van der Waals surface area (Å²) in [6.07, 6.45) is -3.20. The fraction of sp³-hybridized carbons (Fsp3) is 0.595. The van der Waals surface area contributed by atoms with Gasteiger partial charge >= 0.3 is 29.8 Å². The Morgan fingerprint density at radius 2 is 1.61 bits per heavy atom. The number of hydrogen-bond acceptors (Lipinski definition) is 14. The van der Waals surface area contributed by atoms with Crippen molar-refractivity contribution in [2.45, 2.75) is 117 Å². The molecule has 0 spiro atoms. The predicted octanol–water partition coefficient (Wildman–Crippen LogP) is 3.22. The molecule has 0 unspecified atom stereocenters. The van der Waals surface area contributed by atoms with Gasteiger partial charge in [-0.15, -0.1) is 0 Å². The number of allylic oxidation sites excluding steroid dienone is 1. The summed E-state index contributed by atoms with van der Waals surface area (Å²) >= 11 is 0. The number of rotatable bonds is 8. The minimum Gasteiger partial charge on any atom is -0.458 e. The highest BCUT2D eigenvalue weighted by molar-refractivity contribution is 5.92. The van der Waals surface area contributed by atoms with Gasteiger partial charge in [0.15, 0.2) is 24.1 Å². The van der Waals surface area contributed by atoms with Crippen LogP contribution < -0.4 is 0 Å². The van der Waals surface area contributed by atoms with Crippen molar-refractivity contribution < 1.29 is 62.7 Å². The van der Waals surface area contributed by atoms with Gasteiger partial charge in [0.25, 0.3) is 0 Å². The number of nitrogens with zero attached hydrogens (tertiary/aromatic N) is 1. The van der Waals surface area contributed by atoms with Crippen LogP contribution in [0.2, 0.25) is 0 Å². The Labute approximate surface area is 297 Å². The number of aromatic nitrogens is 1. The van der Waals surface area contributed by atoms with E-state index in [0.29, 0.717) is 6.42 Å². The highest BCUT2D eigenvalue weighted by atomic mass is 16.6. The molecule has 1 aromatic rings. The SMILES string of the molecule is C=C1[C@H](OC(C)=O)[C@@H](OC(C)=O)[C@@H](OC(C)=O)C(C)(C)C=C[C@H](C)C(=O)[C@@]2(O)C[C@@](C)(OC(=O)c3cccnc3)[C@H](O)[C@@H]2[C@H]1OC(=O)[C@H](C)CC. The fourth-order valence-electron chi connectivity index (χ4n) is 6.66. The zero-order valence-corrected chi connectivity index (χ0v) is 30.5. The van der Waals surface area contributed by atoms with E-state index in [1.165, 1.54) is 50.5 Å². The van der Waals surface area contributed by atoms with Gasteiger partial charge in [0.2, 0.25) is 0 Å². The van der Waals surface area contributed by atoms with Gasteiger partial charge in [-0.25, -0.2) is 4.79 Å². The maximum absolute atomic E-state index is 14.4. The minimum atomic E-state index is -2.56. The van der Waals surface area contributed by atoms with Crippen LogP contribution in [0.25, 0.3) is 0 Å². The number of carbonyl (C=O) groups is 6. The highest BCUT2D eigenvalue weighted by Crippen LogP contribution is 2.51. The van der Waals surface area contributed by atoms with E-state index in [0.717, 1.165) is 20.8 Å². The molecule has 2 N–H and O–H groups in total. The summed E-state index contributed by atoms with van der Waals surface area (Å²) in [5.41, 5.74) is -6.08. The number of carbonyl (C=O) groups excluding carboxylic acids is 6. The zero-order chi connectivity index (χ0) is 38.6. The van der Waals surface area contributed by atoms with Crippen molar-refractivity contribution in [3.63, 3.8) is 0 Å². The van der Waals surface area contributed by atoms with E-state index >= 15 is 0 Å². The predicted molar refractivity (Wildman–Crippen MR) is 179 cm³/mol. The van der Waals surface area contributed by atoms with E-state index in [1.807, 2.05) is 0 Å². The third kappa shape index (κ3) is 8.90. The summed E-state index contributed by atoms with van der Waals surface area (Å²) in [6, 6.07) is 2.92. The van der Waals surface area contributed by atoms with Crippen LogP contribution in [0.3, 0.4) is 0 Å². The first-order chi connectivity index (χ1) is 23.6. The third-order valence-electron chi connectivity index (χ3n) is 9.55. The van der Waals surface area contributed by atoms with Gasteiger partial charge in [-0.05, 0) is 25.5 Å². The molecule has 0 aliphatic heterocycles. The molecule has 2 aliphatic carbocycles. The van der Waals surface area contributed by atoms with Crippen molar-refractivity contribution in [1.82, 2.24) is 4.98 Å². The Morgan fingerprint density at radius 3 is 2.14 bits per heavy atom. The van der Waals surface area contributed by atoms with Crippen molar-refractivity contribution >= 4 is 35.6 Å². The first kappa shape index (κ1) is 41.0. The number of Topliss-reactive ketones (excluding diaryl/α,β-unsaturated/α-hetero) is 1. The second kappa shape index (κ2) is 15.9. The lowest BCUT2D eigenvalue weighted by atomic mass is 9.72. The Morgan fingerprint density at radius 1 is 1.00 bits per heavy atom. The standard InChI is InChI=1S/C37H49NO13/c1-11-19(2)33(44)50-27-21(4)28(47-22(5)39)29(48-23(6)40)32(49-24(7)41)35(8,9)15-14-20(3)30(42)37(46)18-36(10,31(43)26(27)37)51-34(45)25-13-12-16-38-17-25/h12-17,19-20,26-29,31-32,43,46H,4,11,18H2,1-3,5-10H3/t19-,20+,26+,27+,28+,29-,31-,32-,36-,37-/m1/s1. The smallest absolute Gasteiger partial charge is 0.340 e. The van der Waals surface area contributed by atoms with E-state index in [9.17, 15) is 39.0 Å². The van der Waals surface area contributed by atoms with Crippen molar-refractivity contribution in [2.75, 3.05) is 0 Å². The van der Waals surface area contributed by atoms with Crippen LogP contribution in [0.1, 0.15) is 85.5 Å². The van der Waals surface area contributed by atoms with Crippen LogP contribution in [0, 0.1) is 23.2 Å². The average molecular weight is 716 g/mol. The lowest BCUT2D eigenvalue weighted by molar-refractivity contribution is -0.191. The molecule has 14 heteroatoms. The van der Waals surface area contributed by atoms with Gasteiger partial charge < -0.3 is 33.9 Å². The molecule has 1 aromatic heterocycles. The second-order valence-electron chi connectivity index (χ2n) is 14.2. The molecular formula is C37H49NO13. The average Bonchev–Trinajstić information content (AvgIpc) is 3.25. The third-order valence-corrected chi connectivity index (χ3v) is 9.55. The van der Waals surface area contributed by atoms with E-state index in [1.54, 1.807) is 27.7 Å². The summed E-state index contributed by atoms with van der Waals surface area (Å²) in [4.78, 5) is 83.0. The molecule has 51 heavy (non-hydrogen) atoms. The van der Waals surface area contributed by atoms with Crippen LogP contribution in [0.5, 0.6) is 0 Å². The largest absolute Gasteiger partial charge is 0.458 e. The summed E-state index contributed by atoms with van der Waals surface area (Å²) in [5.74, 6) is -8.74. The molecule has 0 amide bonds. The molecule has 1 saturated carbocycles. The van der Waals surface area contributed by atoms with Crippen molar-refractivity contribution in [3.8, 4) is 0 Å². The summed E-state index contributed by atoms with van der Waals surface area (Å²) in [5, 5.41) is 24.7. The normalized spacial score (nSPS) is 32.6. The van der Waals surface area contributed by atoms with Crippen LogP contribution in [0.15, 0.2) is 48.8 Å². The second-order valence-corrected chi connectivity index (χ2v) is 14.2. The van der Waals surface area contributed by atoms with Gasteiger partial charge in [0.05, 0.1) is 17.4 Å². The van der Waals surface area contributed by atoms with E-state index in [2.05, 4.69) is 11.6 Å². The lowest BCUT2D eigenvalue weighted by Gasteiger charge is -2.43. The number of aliphatic hydroxyl groups excluding tert-OH is 1. The maximum Gasteiger partial charge on any atom is 0.340 e. The highest BCUT2D eigenvalue weighted by Gasteiger charge is 2.68. The summed E-state index contributed by atoms with van der Waals surface area (Å²) < 4.78 is 28.9. The first-order valence-corrected chi connectivity index (χ1v) is 16.8. The molecule has 14 nitrogen and oxygen atoms in total. The van der Waals surface area contributed by atoms with E-state index in [4.69, 9.17) is 23.7 Å². The summed E-state index contributed by atoms with van der Waals surface area (Å²) in [7, 11) is 0. The molecule has 0 bridgehead atoms. The van der Waals surface area contributed by atoms with Gasteiger partial charge in [0, 0.05) is 56.5 Å². The van der Waals surface area contributed by atoms with Crippen molar-refractivity contribution in [2.24, 2.45) is 23.2 Å². The lowest BCUT2D eigenvalue weighted by Crippen LogP contribution is -2.58. The topological polar surface area (TPSA) is 202 Å². The Kier molecular flexibility index (Phi) is 12.7. The number of hydrogen-bond donors (Lipinski definition) is 2. The molecule has 0 radical (unpaired) electrons. The Balaban J connectivity index is 2.40. The number of ether oxygens (including phenoxy) is 5. The molecule has 280 valence electrons. The number of pyridine rings is 1. The van der Waals surface area contributed by atoms with Crippen molar-refractivity contribution in [3.05, 3.63) is 54.4 Å². The molecule has 0 saturated heterocycles. The van der Waals surface area contributed by atoms with Crippen LogP contribution in [-0.2, 0) is 47.7 Å². The Bertz CT molecular complexity index is 1550. The zero-order valence-electron chi connectivity index (χ0n) is 30.5. The molecule has 10 atom stereocenters. The van der Waals surface area contributed by atoms with Gasteiger partial charge in [-0.3, -0.25) is 29.0 Å². The first-order valence-electron chi connectivity index (χ1n) is 16.8. The fourth-order valence-corrected chi connectivity index (χ4v) is 6.66. The number of esters is 5. The van der Waals surface area contributed by atoms with E-state index < -0.39 is 107 Å². The van der Waals surface area contributed by atoms with Crippen LogP contribution >= 0.6 is 0 Å². The van der Waals surface area contributed by atoms with Crippen LogP contribution in [-0.4, -0.2) is 92.5 Å². The van der Waals surface area contributed by atoms with Gasteiger partial charge in [-0.2, -0.15) is 0 Å². The molecular weight excluding hydrogens is 666 g/mol. The van der Waals surface area contributed by atoms with E-state index in [-0.39, 0.29) is 11.1 Å². The minimum absolute atomic E-state index is 0.0217. The quantitative estimate of drug-likeness (QED) is 0.226. The molecule has 2 aliphatic rings. The summed E-state index contributed by atoms with van der Waals surface area (Å²) in [6.45, 7) is 16.7. The maximum atomic E-state index is 14.4. The Hall–Kier alpha value is -4.43. The van der Waals surface area contributed by atoms with Crippen LogP contribution in [0.4, 0.5) is 0 Å².